The molecule has 1 N–H and O–H groups in total. The molecule has 0 aliphatic carbocycles. The van der Waals surface area contributed by atoms with Crippen molar-refractivity contribution in [2.24, 2.45) is 10.2 Å². The van der Waals surface area contributed by atoms with Gasteiger partial charge in [0.2, 0.25) is 0 Å². The van der Waals surface area contributed by atoms with Crippen molar-refractivity contribution in [1.82, 2.24) is 10.2 Å². The van der Waals surface area contributed by atoms with Crippen LogP contribution in [0.4, 0.5) is 0 Å². The predicted octanol–water partition coefficient (Wildman–Crippen LogP) is 1.02. The van der Waals surface area contributed by atoms with Crippen molar-refractivity contribution in [3.63, 3.8) is 0 Å². The van der Waals surface area contributed by atoms with Gasteiger partial charge in [-0.1, -0.05) is 0 Å². The molecule has 3 rings (SSSR count). The minimum absolute atomic E-state index is 0.195. The summed E-state index contributed by atoms with van der Waals surface area (Å²) in [5.74, 6) is 0.201. The van der Waals surface area contributed by atoms with Gasteiger partial charge in [-0.15, -0.1) is 5.10 Å². The van der Waals surface area contributed by atoms with Crippen molar-refractivity contribution in [2.45, 2.75) is 0 Å². The number of nitrogens with zero attached hydrogens (tertiary/aromatic N) is 3. The van der Waals surface area contributed by atoms with E-state index in [1.54, 1.807) is 13.2 Å². The van der Waals surface area contributed by atoms with Gasteiger partial charge in [-0.3, -0.25) is 15.0 Å². The SMILES string of the molecule is COC(=O)/C=C1/S/C(=N\N=Cc2ccc(OCCN3CCOCC3)c(OC)c2)NC1=O. The van der Waals surface area contributed by atoms with Crippen LogP contribution in [0.5, 0.6) is 11.5 Å². The Balaban J connectivity index is 1.56. The largest absolute Gasteiger partial charge is 0.493 e. The number of benzene rings is 1. The number of carbonyl (C=O) groups excluding carboxylic acids is 2. The van der Waals surface area contributed by atoms with Gasteiger partial charge in [0.1, 0.15) is 6.61 Å². The number of ether oxygens (including phenoxy) is 4. The molecule has 0 aromatic heterocycles. The maximum Gasteiger partial charge on any atom is 0.331 e. The van der Waals surface area contributed by atoms with Gasteiger partial charge in [-0.2, -0.15) is 5.10 Å². The number of rotatable bonds is 8. The van der Waals surface area contributed by atoms with E-state index in [1.807, 2.05) is 12.1 Å². The van der Waals surface area contributed by atoms with Crippen LogP contribution in [0, 0.1) is 0 Å². The molecule has 166 valence electrons. The number of nitrogens with one attached hydrogen (secondary N) is 1. The number of amidine groups is 1. The fourth-order valence-electron chi connectivity index (χ4n) is 2.78. The maximum atomic E-state index is 11.8. The van der Waals surface area contributed by atoms with E-state index in [4.69, 9.17) is 14.2 Å². The molecule has 1 aromatic rings. The Bertz CT molecular complexity index is 896. The van der Waals surface area contributed by atoms with Crippen molar-refractivity contribution in [2.75, 3.05) is 53.7 Å². The van der Waals surface area contributed by atoms with Crippen molar-refractivity contribution >= 4 is 35.0 Å². The third-order valence-corrected chi connectivity index (χ3v) is 5.31. The van der Waals surface area contributed by atoms with E-state index < -0.39 is 11.9 Å². The first-order valence-electron chi connectivity index (χ1n) is 9.60. The van der Waals surface area contributed by atoms with Crippen LogP contribution in [-0.4, -0.2) is 81.8 Å². The van der Waals surface area contributed by atoms with E-state index in [9.17, 15) is 9.59 Å². The van der Waals surface area contributed by atoms with Crippen LogP contribution in [0.2, 0.25) is 0 Å². The molecule has 1 amide bonds. The molecule has 2 fully saturated rings. The summed E-state index contributed by atoms with van der Waals surface area (Å²) in [6.45, 7) is 4.71. The van der Waals surface area contributed by atoms with Crippen molar-refractivity contribution in [3.8, 4) is 11.5 Å². The molecule has 2 saturated heterocycles. The number of esters is 1. The van der Waals surface area contributed by atoms with Crippen LogP contribution in [0.15, 0.2) is 39.4 Å². The smallest absolute Gasteiger partial charge is 0.331 e. The molecule has 2 aliphatic rings. The topological polar surface area (TPSA) is 111 Å². The summed E-state index contributed by atoms with van der Waals surface area (Å²) in [5, 5.41) is 10.8. The lowest BCUT2D eigenvalue weighted by Gasteiger charge is -2.26. The van der Waals surface area contributed by atoms with E-state index in [2.05, 4.69) is 25.2 Å². The van der Waals surface area contributed by atoms with Crippen molar-refractivity contribution in [3.05, 3.63) is 34.7 Å². The van der Waals surface area contributed by atoms with Crippen LogP contribution in [0.1, 0.15) is 5.56 Å². The van der Waals surface area contributed by atoms with Crippen LogP contribution >= 0.6 is 11.8 Å². The van der Waals surface area contributed by atoms with E-state index in [0.717, 1.165) is 56.2 Å². The standard InChI is InChI=1S/C20H24N4O6S/c1-27-16-11-14(3-4-15(16)30-10-7-24-5-8-29-9-6-24)13-21-23-20-22-19(26)17(31-20)12-18(25)28-2/h3-4,11-13H,5-10H2,1-2H3,(H,22,23,26)/b17-12+,21-13?. The Hall–Kier alpha value is -2.89. The molecule has 0 unspecified atom stereocenters. The van der Waals surface area contributed by atoms with Gasteiger partial charge in [-0.25, -0.2) is 4.79 Å². The quantitative estimate of drug-likeness (QED) is 0.272. The number of methoxy groups -OCH3 is 2. The second-order valence-corrected chi connectivity index (χ2v) is 7.48. The maximum absolute atomic E-state index is 11.8. The molecule has 0 spiro atoms. The zero-order chi connectivity index (χ0) is 22.1. The van der Waals surface area contributed by atoms with Crippen LogP contribution in [-0.2, 0) is 19.1 Å². The molecule has 0 saturated carbocycles. The number of thioether (sulfide) groups is 1. The number of amides is 1. The van der Waals surface area contributed by atoms with Gasteiger partial charge < -0.3 is 18.9 Å². The predicted molar refractivity (Wildman–Crippen MR) is 117 cm³/mol. The lowest BCUT2D eigenvalue weighted by molar-refractivity contribution is -0.135. The molecule has 10 nitrogen and oxygen atoms in total. The molecular formula is C20H24N4O6S. The number of hydrogen-bond acceptors (Lipinski definition) is 10. The molecule has 11 heteroatoms. The average Bonchev–Trinajstić information content (AvgIpc) is 3.13. The summed E-state index contributed by atoms with van der Waals surface area (Å²) in [5.41, 5.74) is 0.751. The second kappa shape index (κ2) is 11.5. The fraction of sp³-hybridized carbons (Fsp3) is 0.400. The van der Waals surface area contributed by atoms with Crippen LogP contribution in [0.3, 0.4) is 0 Å². The highest BCUT2D eigenvalue weighted by Gasteiger charge is 2.25. The molecule has 2 heterocycles. The van der Waals surface area contributed by atoms with Gasteiger partial charge in [0, 0.05) is 25.7 Å². The van der Waals surface area contributed by atoms with Crippen LogP contribution < -0.4 is 14.8 Å². The number of hydrogen-bond donors (Lipinski definition) is 1. The number of morpholine rings is 1. The van der Waals surface area contributed by atoms with Gasteiger partial charge in [0.05, 0.1) is 38.6 Å². The highest BCUT2D eigenvalue weighted by molar-refractivity contribution is 8.18. The first kappa shape index (κ1) is 22.8. The lowest BCUT2D eigenvalue weighted by atomic mass is 10.2. The zero-order valence-corrected chi connectivity index (χ0v) is 18.1. The Morgan fingerprint density at radius 3 is 2.84 bits per heavy atom. The first-order valence-corrected chi connectivity index (χ1v) is 10.4. The highest BCUT2D eigenvalue weighted by atomic mass is 32.2. The second-order valence-electron chi connectivity index (χ2n) is 6.45. The normalized spacial score (nSPS) is 19.7. The number of carbonyl (C=O) groups is 2. The van der Waals surface area contributed by atoms with Crippen LogP contribution in [0.25, 0.3) is 0 Å². The Morgan fingerprint density at radius 1 is 1.29 bits per heavy atom. The minimum Gasteiger partial charge on any atom is -0.493 e. The van der Waals surface area contributed by atoms with Gasteiger partial charge in [0.15, 0.2) is 16.7 Å². The monoisotopic (exact) mass is 448 g/mol. The summed E-state index contributed by atoms with van der Waals surface area (Å²) in [4.78, 5) is 25.5. The molecule has 2 aliphatic heterocycles. The zero-order valence-electron chi connectivity index (χ0n) is 17.3. The molecule has 0 atom stereocenters. The van der Waals surface area contributed by atoms with Crippen molar-refractivity contribution in [1.29, 1.82) is 0 Å². The summed E-state index contributed by atoms with van der Waals surface area (Å²) in [6, 6.07) is 5.44. The molecular weight excluding hydrogens is 424 g/mol. The summed E-state index contributed by atoms with van der Waals surface area (Å²) in [7, 11) is 2.82. The average molecular weight is 449 g/mol. The lowest BCUT2D eigenvalue weighted by Crippen LogP contribution is -2.38. The van der Waals surface area contributed by atoms with E-state index >= 15 is 0 Å². The van der Waals surface area contributed by atoms with Crippen molar-refractivity contribution < 1.29 is 28.5 Å². The Kier molecular flexibility index (Phi) is 8.44. The summed E-state index contributed by atoms with van der Waals surface area (Å²) in [6.07, 6.45) is 2.64. The van der Waals surface area contributed by atoms with E-state index in [1.165, 1.54) is 13.3 Å². The highest BCUT2D eigenvalue weighted by Crippen LogP contribution is 2.28. The molecule has 0 radical (unpaired) electrons. The van der Waals surface area contributed by atoms with E-state index in [-0.39, 0.29) is 10.1 Å². The fourth-order valence-corrected chi connectivity index (χ4v) is 3.52. The molecule has 1 aromatic carbocycles. The van der Waals surface area contributed by atoms with E-state index in [0.29, 0.717) is 18.1 Å². The summed E-state index contributed by atoms with van der Waals surface area (Å²) >= 11 is 1.01. The Labute approximate surface area is 184 Å². The van der Waals surface area contributed by atoms with Gasteiger partial charge >= 0.3 is 5.97 Å². The third-order valence-electron chi connectivity index (χ3n) is 4.41. The summed E-state index contributed by atoms with van der Waals surface area (Å²) < 4.78 is 21.1. The molecule has 31 heavy (non-hydrogen) atoms. The third kappa shape index (κ3) is 6.81. The van der Waals surface area contributed by atoms with Gasteiger partial charge in [0.25, 0.3) is 5.91 Å². The Morgan fingerprint density at radius 2 is 2.10 bits per heavy atom. The van der Waals surface area contributed by atoms with Gasteiger partial charge in [-0.05, 0) is 35.5 Å². The minimum atomic E-state index is -0.609. The first-order chi connectivity index (χ1) is 15.1. The molecule has 0 bridgehead atoms.